The van der Waals surface area contributed by atoms with Gasteiger partial charge in [0.05, 0.1) is 6.54 Å². The van der Waals surface area contributed by atoms with E-state index in [1.807, 2.05) is 13.0 Å². The number of pyridine rings is 1. The highest BCUT2D eigenvalue weighted by molar-refractivity contribution is 5.38. The Bertz CT molecular complexity index is 327. The first-order valence-corrected chi connectivity index (χ1v) is 5.72. The molecule has 0 bridgehead atoms. The average molecular weight is 243 g/mol. The third-order valence-electron chi connectivity index (χ3n) is 2.63. The fourth-order valence-corrected chi connectivity index (χ4v) is 1.51. The molecule has 0 aromatic carbocycles. The summed E-state index contributed by atoms with van der Waals surface area (Å²) < 4.78 is 24.4. The number of anilines is 1. The maximum absolute atomic E-state index is 12.2. The zero-order chi connectivity index (χ0) is 12.8. The van der Waals surface area contributed by atoms with Gasteiger partial charge in [0.2, 0.25) is 0 Å². The summed E-state index contributed by atoms with van der Waals surface area (Å²) in [6.07, 6.45) is 1.03. The molecular formula is C12H19F2N3. The lowest BCUT2D eigenvalue weighted by molar-refractivity contribution is 0.156. The molecule has 0 aliphatic carbocycles. The number of aromatic nitrogens is 1. The third-order valence-corrected chi connectivity index (χ3v) is 2.63. The van der Waals surface area contributed by atoms with Crippen LogP contribution in [0.25, 0.3) is 0 Å². The van der Waals surface area contributed by atoms with Gasteiger partial charge >= 0.3 is 0 Å². The van der Waals surface area contributed by atoms with Crippen LogP contribution in [0.1, 0.15) is 18.9 Å². The molecule has 96 valence electrons. The second kappa shape index (κ2) is 6.49. The first kappa shape index (κ1) is 13.8. The van der Waals surface area contributed by atoms with Gasteiger partial charge in [-0.2, -0.15) is 0 Å². The number of hydrogen-bond donors (Lipinski definition) is 1. The largest absolute Gasteiger partial charge is 0.354 e. The van der Waals surface area contributed by atoms with Crippen molar-refractivity contribution >= 4 is 5.82 Å². The smallest absolute Gasteiger partial charge is 0.255 e. The molecule has 0 amide bonds. The fourth-order valence-electron chi connectivity index (χ4n) is 1.51. The Kier molecular flexibility index (Phi) is 5.28. The molecule has 0 radical (unpaired) electrons. The number of hydrogen-bond acceptors (Lipinski definition) is 3. The van der Waals surface area contributed by atoms with E-state index >= 15 is 0 Å². The van der Waals surface area contributed by atoms with Gasteiger partial charge in [0.15, 0.2) is 0 Å². The van der Waals surface area contributed by atoms with E-state index in [4.69, 9.17) is 5.73 Å². The topological polar surface area (TPSA) is 42.1 Å². The van der Waals surface area contributed by atoms with Crippen LogP contribution in [0.3, 0.4) is 0 Å². The summed E-state index contributed by atoms with van der Waals surface area (Å²) in [5.74, 6) is 0.555. The predicted octanol–water partition coefficient (Wildman–Crippen LogP) is 2.06. The van der Waals surface area contributed by atoms with Crippen molar-refractivity contribution in [3.8, 4) is 0 Å². The van der Waals surface area contributed by atoms with Crippen LogP contribution in [0.4, 0.5) is 14.6 Å². The molecule has 1 unspecified atom stereocenters. The minimum absolute atomic E-state index is 0.126. The van der Waals surface area contributed by atoms with Crippen LogP contribution in [-0.2, 0) is 6.42 Å². The molecule has 1 atom stereocenters. The molecule has 2 N–H and O–H groups in total. The van der Waals surface area contributed by atoms with Gasteiger partial charge in [0, 0.05) is 19.3 Å². The van der Waals surface area contributed by atoms with E-state index in [0.717, 1.165) is 18.4 Å². The molecule has 0 aliphatic rings. The molecule has 0 aliphatic heterocycles. The SMILES string of the molecule is CCC(N)Cc1ccc(N(C)CC(F)F)nc1. The molecule has 0 spiro atoms. The normalized spacial score (nSPS) is 12.8. The van der Waals surface area contributed by atoms with E-state index in [1.165, 1.54) is 4.90 Å². The van der Waals surface area contributed by atoms with Crippen LogP contribution in [-0.4, -0.2) is 31.0 Å². The molecule has 1 aromatic rings. The molecule has 0 fully saturated rings. The number of halogens is 2. The maximum atomic E-state index is 12.2. The summed E-state index contributed by atoms with van der Waals surface area (Å²) in [7, 11) is 1.60. The van der Waals surface area contributed by atoms with Gasteiger partial charge < -0.3 is 10.6 Å². The van der Waals surface area contributed by atoms with Crippen LogP contribution in [0.2, 0.25) is 0 Å². The maximum Gasteiger partial charge on any atom is 0.255 e. The van der Waals surface area contributed by atoms with Crippen LogP contribution in [0.5, 0.6) is 0 Å². The quantitative estimate of drug-likeness (QED) is 0.831. The van der Waals surface area contributed by atoms with Crippen LogP contribution in [0, 0.1) is 0 Å². The van der Waals surface area contributed by atoms with Crippen molar-refractivity contribution in [2.24, 2.45) is 5.73 Å². The van der Waals surface area contributed by atoms with Crippen molar-refractivity contribution in [1.29, 1.82) is 0 Å². The zero-order valence-corrected chi connectivity index (χ0v) is 10.2. The zero-order valence-electron chi connectivity index (χ0n) is 10.2. The standard InChI is InChI=1S/C12H19F2N3/c1-3-10(15)6-9-4-5-12(16-7-9)17(2)8-11(13)14/h4-5,7,10-11H,3,6,8,15H2,1-2H3. The van der Waals surface area contributed by atoms with Crippen molar-refractivity contribution in [3.63, 3.8) is 0 Å². The Labute approximate surface area is 101 Å². The number of nitrogens with zero attached hydrogens (tertiary/aromatic N) is 2. The highest BCUT2D eigenvalue weighted by Crippen LogP contribution is 2.12. The number of nitrogens with two attached hydrogens (primary N) is 1. The lowest BCUT2D eigenvalue weighted by Gasteiger charge is -2.17. The van der Waals surface area contributed by atoms with Crippen LogP contribution < -0.4 is 10.6 Å². The summed E-state index contributed by atoms with van der Waals surface area (Å²) in [5, 5.41) is 0. The minimum Gasteiger partial charge on any atom is -0.354 e. The van der Waals surface area contributed by atoms with Crippen molar-refractivity contribution in [2.45, 2.75) is 32.2 Å². The van der Waals surface area contributed by atoms with Gasteiger partial charge in [0.1, 0.15) is 5.82 Å². The predicted molar refractivity (Wildman–Crippen MR) is 65.5 cm³/mol. The lowest BCUT2D eigenvalue weighted by Crippen LogP contribution is -2.25. The van der Waals surface area contributed by atoms with Gasteiger partial charge in [-0.15, -0.1) is 0 Å². The molecule has 17 heavy (non-hydrogen) atoms. The second-order valence-electron chi connectivity index (χ2n) is 4.17. The fraction of sp³-hybridized carbons (Fsp3) is 0.583. The van der Waals surface area contributed by atoms with Crippen LogP contribution in [0.15, 0.2) is 18.3 Å². The molecule has 5 heteroatoms. The Balaban J connectivity index is 2.61. The average Bonchev–Trinajstić information content (AvgIpc) is 2.28. The summed E-state index contributed by atoms with van der Waals surface area (Å²) in [4.78, 5) is 5.59. The van der Waals surface area contributed by atoms with Gasteiger partial charge in [-0.3, -0.25) is 0 Å². The number of rotatable bonds is 6. The van der Waals surface area contributed by atoms with E-state index in [-0.39, 0.29) is 12.6 Å². The third kappa shape index (κ3) is 4.65. The first-order chi connectivity index (χ1) is 8.02. The van der Waals surface area contributed by atoms with E-state index in [9.17, 15) is 8.78 Å². The Morgan fingerprint density at radius 2 is 2.12 bits per heavy atom. The summed E-state index contributed by atoms with van der Waals surface area (Å²) in [6.45, 7) is 1.73. The summed E-state index contributed by atoms with van der Waals surface area (Å²) >= 11 is 0. The van der Waals surface area contributed by atoms with Gasteiger partial charge in [-0.05, 0) is 24.5 Å². The van der Waals surface area contributed by atoms with Crippen LogP contribution >= 0.6 is 0 Å². The molecule has 0 saturated heterocycles. The lowest BCUT2D eigenvalue weighted by atomic mass is 10.1. The van der Waals surface area contributed by atoms with E-state index in [0.29, 0.717) is 5.82 Å². The Morgan fingerprint density at radius 1 is 1.41 bits per heavy atom. The van der Waals surface area contributed by atoms with E-state index < -0.39 is 6.43 Å². The van der Waals surface area contributed by atoms with E-state index in [2.05, 4.69) is 4.98 Å². The highest BCUT2D eigenvalue weighted by Gasteiger charge is 2.09. The van der Waals surface area contributed by atoms with Crippen molar-refractivity contribution < 1.29 is 8.78 Å². The van der Waals surface area contributed by atoms with E-state index in [1.54, 1.807) is 19.3 Å². The van der Waals surface area contributed by atoms with Crippen molar-refractivity contribution in [2.75, 3.05) is 18.5 Å². The Morgan fingerprint density at radius 3 is 2.59 bits per heavy atom. The Hall–Kier alpha value is -1.23. The van der Waals surface area contributed by atoms with Gasteiger partial charge in [0.25, 0.3) is 6.43 Å². The second-order valence-corrected chi connectivity index (χ2v) is 4.17. The summed E-state index contributed by atoms with van der Waals surface area (Å²) in [5.41, 5.74) is 6.87. The molecule has 3 nitrogen and oxygen atoms in total. The highest BCUT2D eigenvalue weighted by atomic mass is 19.3. The molecule has 1 heterocycles. The molecule has 0 saturated carbocycles. The van der Waals surface area contributed by atoms with Crippen molar-refractivity contribution in [3.05, 3.63) is 23.9 Å². The molecule has 1 rings (SSSR count). The number of alkyl halides is 2. The first-order valence-electron chi connectivity index (χ1n) is 5.72. The minimum atomic E-state index is -2.35. The van der Waals surface area contributed by atoms with Gasteiger partial charge in [-0.1, -0.05) is 13.0 Å². The monoisotopic (exact) mass is 243 g/mol. The molecule has 1 aromatic heterocycles. The molecular weight excluding hydrogens is 224 g/mol. The summed E-state index contributed by atoms with van der Waals surface area (Å²) in [6, 6.07) is 3.77. The van der Waals surface area contributed by atoms with Gasteiger partial charge in [-0.25, -0.2) is 13.8 Å². The van der Waals surface area contributed by atoms with Crippen molar-refractivity contribution in [1.82, 2.24) is 4.98 Å².